The molecule has 0 saturated heterocycles. The summed E-state index contributed by atoms with van der Waals surface area (Å²) in [4.78, 5) is 42.6. The average molecular weight is 1610 g/mol. The molecule has 580 valence electrons. The van der Waals surface area contributed by atoms with E-state index >= 15 is 0 Å². The van der Waals surface area contributed by atoms with E-state index in [4.69, 9.17) is 0 Å². The number of rotatable bonds is 17. The lowest BCUT2D eigenvalue weighted by molar-refractivity contribution is 0.461. The molecule has 0 atom stereocenters. The van der Waals surface area contributed by atoms with E-state index in [0.29, 0.717) is 45.7 Å². The molecule has 10 aromatic heterocycles. The van der Waals surface area contributed by atoms with Gasteiger partial charge in [-0.3, -0.25) is 0 Å². The van der Waals surface area contributed by atoms with Crippen molar-refractivity contribution in [1.82, 2.24) is 98.7 Å². The normalized spacial score (nSPS) is 11.9. The summed E-state index contributed by atoms with van der Waals surface area (Å²) in [6.07, 6.45) is 32.5. The van der Waals surface area contributed by atoms with Gasteiger partial charge in [0.1, 0.15) is 34.5 Å². The summed E-state index contributed by atoms with van der Waals surface area (Å²) in [5, 5.41) is 29.2. The van der Waals surface area contributed by atoms with Crippen molar-refractivity contribution in [3.8, 4) is 84.7 Å². The fourth-order valence-electron chi connectivity index (χ4n) is 11.7. The minimum Gasteiger partial charge on any atom is -0.351 e. The van der Waals surface area contributed by atoms with Crippen LogP contribution in [0.25, 0.3) is 84.7 Å². The van der Waals surface area contributed by atoms with Gasteiger partial charge in [0, 0.05) is 126 Å². The van der Waals surface area contributed by atoms with E-state index < -0.39 is 44.7 Å². The first kappa shape index (κ1) is 79.7. The third kappa shape index (κ3) is 20.8. The molecule has 0 unspecified atom stereocenters. The third-order valence-corrected chi connectivity index (χ3v) is 19.4. The molecule has 0 radical (unpaired) electrons. The number of aryl methyl sites for hydroxylation is 2. The molecule has 24 nitrogen and oxygen atoms in total. The van der Waals surface area contributed by atoms with Gasteiger partial charge in [-0.1, -0.05) is 97.4 Å². The Morgan fingerprint density at radius 1 is 0.409 bits per heavy atom. The van der Waals surface area contributed by atoms with Crippen LogP contribution >= 0.6 is 23.5 Å². The number of nitrogens with zero attached hydrogens (tertiary/aromatic N) is 20. The van der Waals surface area contributed by atoms with Crippen LogP contribution in [0.15, 0.2) is 272 Å². The highest BCUT2D eigenvalue weighted by Gasteiger charge is 2.20. The Morgan fingerprint density at radius 2 is 0.791 bits per heavy atom. The molecule has 0 bridgehead atoms. The van der Waals surface area contributed by atoms with Crippen molar-refractivity contribution < 1.29 is 34.8 Å². The Bertz CT molecular complexity index is 6090. The lowest BCUT2D eigenvalue weighted by atomic mass is 9.96. The highest BCUT2D eigenvalue weighted by molar-refractivity contribution is 7.98. The number of aromatic nitrogens is 20. The summed E-state index contributed by atoms with van der Waals surface area (Å²) in [5.74, 6) is -2.87. The summed E-state index contributed by atoms with van der Waals surface area (Å²) in [5.41, 5.74) is 12.8. The lowest BCUT2D eigenvalue weighted by Crippen LogP contribution is -2.23. The van der Waals surface area contributed by atoms with Crippen molar-refractivity contribution in [2.75, 3.05) is 29.4 Å². The third-order valence-electron chi connectivity index (χ3n) is 17.4. The molecule has 16 aromatic rings. The molecule has 6 aromatic carbocycles. The number of hydrogen-bond acceptors (Lipinski definition) is 21. The zero-order chi connectivity index (χ0) is 80.4. The van der Waals surface area contributed by atoms with Crippen molar-refractivity contribution in [3.05, 3.63) is 303 Å². The van der Waals surface area contributed by atoms with Crippen LogP contribution in [0.5, 0.6) is 0 Å². The highest BCUT2D eigenvalue weighted by atomic mass is 32.2. The van der Waals surface area contributed by atoms with E-state index in [2.05, 4.69) is 86.0 Å². The van der Waals surface area contributed by atoms with Crippen molar-refractivity contribution in [1.29, 1.82) is 0 Å². The van der Waals surface area contributed by atoms with Gasteiger partial charge in [-0.25, -0.2) is 108 Å². The van der Waals surface area contributed by atoms with Gasteiger partial charge in [0.15, 0.2) is 27.8 Å². The number of para-hydroxylation sites is 3. The molecule has 1 aliphatic carbocycles. The molecule has 33 heteroatoms. The first-order chi connectivity index (χ1) is 55.8. The van der Waals surface area contributed by atoms with Gasteiger partial charge in [-0.05, 0) is 142 Å². The second kappa shape index (κ2) is 37.3. The van der Waals surface area contributed by atoms with Crippen LogP contribution in [0.3, 0.4) is 0 Å². The first-order valence-electron chi connectivity index (χ1n) is 35.6. The van der Waals surface area contributed by atoms with Crippen LogP contribution in [0.1, 0.15) is 43.5 Å². The van der Waals surface area contributed by atoms with Crippen LogP contribution in [0, 0.1) is 48.8 Å². The van der Waals surface area contributed by atoms with E-state index in [1.165, 1.54) is 112 Å². The molecule has 1 aliphatic rings. The molecule has 2 N–H and O–H groups in total. The van der Waals surface area contributed by atoms with Gasteiger partial charge in [0.05, 0.1) is 69.8 Å². The van der Waals surface area contributed by atoms with Crippen LogP contribution in [0.2, 0.25) is 0 Å². The monoisotopic (exact) mass is 1600 g/mol. The van der Waals surface area contributed by atoms with Gasteiger partial charge in [0.25, 0.3) is 0 Å². The van der Waals surface area contributed by atoms with Crippen molar-refractivity contribution in [3.63, 3.8) is 0 Å². The number of sulfone groups is 1. The maximum absolute atomic E-state index is 13.9. The van der Waals surface area contributed by atoms with E-state index in [0.717, 1.165) is 111 Å². The molecule has 17 rings (SSSR count). The predicted molar refractivity (Wildman–Crippen MR) is 429 cm³/mol. The molecule has 10 heterocycles. The van der Waals surface area contributed by atoms with E-state index in [-0.39, 0.29) is 22.2 Å². The van der Waals surface area contributed by atoms with Crippen LogP contribution < -0.4 is 10.6 Å². The Kier molecular flexibility index (Phi) is 25.8. The number of anilines is 3. The molecule has 0 aliphatic heterocycles. The molecule has 1 saturated carbocycles. The average Bonchev–Trinajstić information content (AvgIpc) is 1.75. The summed E-state index contributed by atoms with van der Waals surface area (Å²) in [6, 6.07) is 49.2. The predicted octanol–water partition coefficient (Wildman–Crippen LogP) is 17.4. The zero-order valence-corrected chi connectivity index (χ0v) is 64.6. The number of hydrogen-bond donors (Lipinski definition) is 2. The Hall–Kier alpha value is -13.4. The SMILES string of the molecule is CS(=O)(=O)c1nccc(-c2cnn(-c3ccc(F)cc3F)c2)n1.CSc1nccc(-c2cn(-c3ccccc3)nc2C)n1.CSc1nccc(-c2cnn(-c3ccc(F)cc3F)c2)n1.Cc1nn(-c2ccccc2)cc1-c1ccnc(Nc2ccccc2)n1.Fc1ccc(-n2cc(-c3ccnc(NC4CCCCC4)n3)cn2)c(F)c1. The minimum absolute atomic E-state index is 0.0649. The maximum atomic E-state index is 13.9. The number of nitrogens with one attached hydrogen (secondary N) is 2. The standard InChI is InChI=1S/C20H17N5.C19H19F2N5.C15H14N4S.C14H10F2N4O2S.C14H10F2N4S/c1-15-18(14-25(24-15)17-10-6-3-7-11-17)19-12-13-21-20(23-19)22-16-8-4-2-5-9-16;20-14-6-7-18(16(21)10-14)26-12-13(11-23-26)17-8-9-22-19(25-17)24-15-4-2-1-3-5-15;1-11-13(14-8-9-16-15(17-14)20-2)10-19(18-11)12-6-4-3-5-7-12;1-23(21,22)14-17-5-4-12(19-14)9-7-18-20(8-9)13-3-2-10(15)6-11(13)16;1-21-14-17-5-4-12(19-14)9-7-18-20(8-9)13-3-2-10(15)6-11(13)16/h2-14H,1H3,(H,21,22,23);6-12,15H,1-5H2,(H,22,24,25);3-10H,1-2H3;2-8H,1H3;2-8H,1H3. The van der Waals surface area contributed by atoms with Gasteiger partial charge in [-0.15, -0.1) is 0 Å². The molecule has 0 spiro atoms. The van der Waals surface area contributed by atoms with Crippen LogP contribution in [-0.2, 0) is 9.84 Å². The Labute approximate surface area is 665 Å². The minimum atomic E-state index is -3.54. The summed E-state index contributed by atoms with van der Waals surface area (Å²) >= 11 is 2.97. The highest BCUT2D eigenvalue weighted by Crippen LogP contribution is 2.30. The molecular formula is C82H70F6N22O2S3. The van der Waals surface area contributed by atoms with E-state index in [9.17, 15) is 34.8 Å². The van der Waals surface area contributed by atoms with Gasteiger partial charge in [0.2, 0.25) is 26.9 Å². The Morgan fingerprint density at radius 3 is 1.23 bits per heavy atom. The second-order valence-electron chi connectivity index (χ2n) is 25.5. The van der Waals surface area contributed by atoms with Crippen molar-refractivity contribution >= 4 is 50.9 Å². The number of benzene rings is 6. The maximum Gasteiger partial charge on any atom is 0.247 e. The Balaban J connectivity index is 0.000000126. The quantitative estimate of drug-likeness (QED) is 0.0487. The lowest BCUT2D eigenvalue weighted by Gasteiger charge is -2.22. The second-order valence-corrected chi connectivity index (χ2v) is 28.9. The van der Waals surface area contributed by atoms with Gasteiger partial charge < -0.3 is 10.6 Å². The van der Waals surface area contributed by atoms with Gasteiger partial charge in [-0.2, -0.15) is 25.5 Å². The van der Waals surface area contributed by atoms with E-state index in [1.54, 1.807) is 61.7 Å². The van der Waals surface area contributed by atoms with Crippen molar-refractivity contribution in [2.45, 2.75) is 67.5 Å². The number of halogens is 6. The summed E-state index contributed by atoms with van der Waals surface area (Å²) < 4.78 is 111. The summed E-state index contributed by atoms with van der Waals surface area (Å²) in [7, 11) is -3.54. The largest absolute Gasteiger partial charge is 0.351 e. The fourth-order valence-corrected chi connectivity index (χ4v) is 12.9. The van der Waals surface area contributed by atoms with Crippen LogP contribution in [0.4, 0.5) is 43.9 Å². The molecule has 1 fully saturated rings. The number of thioether (sulfide) groups is 2. The molecular weight excluding hydrogens is 1540 g/mol. The van der Waals surface area contributed by atoms with Gasteiger partial charge >= 0.3 is 0 Å². The fraction of sp³-hybridized carbons (Fsp3) is 0.134. The molecule has 0 amide bonds. The summed E-state index contributed by atoms with van der Waals surface area (Å²) in [6.45, 7) is 3.98. The first-order valence-corrected chi connectivity index (χ1v) is 39.9. The smallest absolute Gasteiger partial charge is 0.247 e. The van der Waals surface area contributed by atoms with E-state index in [1.807, 2.05) is 151 Å². The van der Waals surface area contributed by atoms with Crippen LogP contribution in [-0.4, -0.2) is 132 Å². The zero-order valence-electron chi connectivity index (χ0n) is 62.1. The van der Waals surface area contributed by atoms with Crippen molar-refractivity contribution in [2.24, 2.45) is 0 Å². The molecule has 115 heavy (non-hydrogen) atoms. The topological polar surface area (TPSA) is 276 Å².